The number of aliphatic carboxylic acids is 1. The van der Waals surface area contributed by atoms with E-state index in [0.717, 1.165) is 12.2 Å². The average Bonchev–Trinajstić information content (AvgIpc) is 2.06. The monoisotopic (exact) mass is 243 g/mol. The fourth-order valence-corrected chi connectivity index (χ4v) is 1.18. The zero-order valence-electron chi connectivity index (χ0n) is 6.46. The third kappa shape index (κ3) is 2.99. The third-order valence-electron chi connectivity index (χ3n) is 1.36. The zero-order valence-corrected chi connectivity index (χ0v) is 8.05. The highest BCUT2D eigenvalue weighted by molar-refractivity contribution is 9.10. The van der Waals surface area contributed by atoms with E-state index in [1.54, 1.807) is 0 Å². The van der Waals surface area contributed by atoms with Crippen molar-refractivity contribution in [1.29, 1.82) is 0 Å². The highest BCUT2D eigenvalue weighted by atomic mass is 79.9. The van der Waals surface area contributed by atoms with E-state index < -0.39 is 11.8 Å². The minimum Gasteiger partial charge on any atom is -0.545 e. The molecule has 0 aromatic heterocycles. The molecular weight excluding hydrogens is 239 g/mol. The number of carbonyl (C=O) groups excluding carboxylic acids is 1. The van der Waals surface area contributed by atoms with Crippen LogP contribution in [0.25, 0.3) is 6.08 Å². The molecule has 4 heteroatoms. The van der Waals surface area contributed by atoms with Gasteiger partial charge in [0.25, 0.3) is 0 Å². The molecule has 0 saturated heterocycles. The van der Waals surface area contributed by atoms with Crippen molar-refractivity contribution in [2.75, 3.05) is 0 Å². The van der Waals surface area contributed by atoms with Crippen molar-refractivity contribution < 1.29 is 14.3 Å². The number of halogens is 2. The van der Waals surface area contributed by atoms with Gasteiger partial charge in [-0.15, -0.1) is 0 Å². The lowest BCUT2D eigenvalue weighted by Gasteiger charge is -1.97. The lowest BCUT2D eigenvalue weighted by atomic mass is 10.2. The number of carbonyl (C=O) groups is 1. The van der Waals surface area contributed by atoms with E-state index in [2.05, 4.69) is 15.9 Å². The van der Waals surface area contributed by atoms with Gasteiger partial charge in [0.2, 0.25) is 0 Å². The van der Waals surface area contributed by atoms with Crippen LogP contribution in [0.5, 0.6) is 0 Å². The van der Waals surface area contributed by atoms with Gasteiger partial charge in [-0.3, -0.25) is 0 Å². The van der Waals surface area contributed by atoms with Crippen molar-refractivity contribution in [3.8, 4) is 0 Å². The van der Waals surface area contributed by atoms with E-state index in [0.29, 0.717) is 4.47 Å². The molecule has 0 amide bonds. The fraction of sp³-hybridized carbons (Fsp3) is 0. The Morgan fingerprint density at radius 2 is 2.23 bits per heavy atom. The van der Waals surface area contributed by atoms with Crippen LogP contribution in [-0.2, 0) is 4.79 Å². The first kappa shape index (κ1) is 9.92. The van der Waals surface area contributed by atoms with Gasteiger partial charge in [-0.2, -0.15) is 0 Å². The van der Waals surface area contributed by atoms with Gasteiger partial charge in [0.15, 0.2) is 0 Å². The SMILES string of the molecule is O=C([O-])C=Cc1cc(Br)ccc1F. The van der Waals surface area contributed by atoms with Crippen LogP contribution in [0.3, 0.4) is 0 Å². The van der Waals surface area contributed by atoms with Crippen molar-refractivity contribution in [3.63, 3.8) is 0 Å². The first-order chi connectivity index (χ1) is 6.09. The number of carboxylic acids is 1. The maximum Gasteiger partial charge on any atom is 0.130 e. The topological polar surface area (TPSA) is 40.1 Å². The van der Waals surface area contributed by atoms with Crippen molar-refractivity contribution in [1.82, 2.24) is 0 Å². The summed E-state index contributed by atoms with van der Waals surface area (Å²) in [6.45, 7) is 0. The minimum absolute atomic E-state index is 0.207. The standard InChI is InChI=1S/C9H6BrFO2/c10-7-2-3-8(11)6(5-7)1-4-9(12)13/h1-5H,(H,12,13)/p-1. The predicted molar refractivity (Wildman–Crippen MR) is 48.1 cm³/mol. The molecule has 1 aromatic rings. The molecular formula is C9H5BrFO2-. The second kappa shape index (κ2) is 4.18. The Morgan fingerprint density at radius 1 is 1.54 bits per heavy atom. The Bertz CT molecular complexity index is 361. The molecule has 1 aromatic carbocycles. The van der Waals surface area contributed by atoms with Gasteiger partial charge in [0.05, 0.1) is 5.97 Å². The van der Waals surface area contributed by atoms with Crippen LogP contribution in [0, 0.1) is 5.82 Å². The van der Waals surface area contributed by atoms with Crippen LogP contribution < -0.4 is 5.11 Å². The molecule has 13 heavy (non-hydrogen) atoms. The summed E-state index contributed by atoms with van der Waals surface area (Å²) < 4.78 is 13.6. The summed E-state index contributed by atoms with van der Waals surface area (Å²) in [4.78, 5) is 10.0. The van der Waals surface area contributed by atoms with Crippen molar-refractivity contribution in [3.05, 3.63) is 40.1 Å². The smallest absolute Gasteiger partial charge is 0.130 e. The molecule has 0 spiro atoms. The van der Waals surface area contributed by atoms with Crippen molar-refractivity contribution in [2.24, 2.45) is 0 Å². The third-order valence-corrected chi connectivity index (χ3v) is 1.85. The molecule has 0 radical (unpaired) electrons. The number of hydrogen-bond acceptors (Lipinski definition) is 2. The van der Waals surface area contributed by atoms with Gasteiger partial charge in [-0.05, 0) is 24.3 Å². The highest BCUT2D eigenvalue weighted by Crippen LogP contribution is 2.16. The quantitative estimate of drug-likeness (QED) is 0.736. The highest BCUT2D eigenvalue weighted by Gasteiger charge is 1.97. The summed E-state index contributed by atoms with van der Waals surface area (Å²) in [6.07, 6.45) is 1.93. The molecule has 1 rings (SSSR count). The van der Waals surface area contributed by atoms with Crippen LogP contribution in [0.15, 0.2) is 28.7 Å². The maximum atomic E-state index is 12.9. The van der Waals surface area contributed by atoms with Crippen molar-refractivity contribution >= 4 is 28.0 Å². The molecule has 68 valence electrons. The van der Waals surface area contributed by atoms with Crippen LogP contribution in [0.1, 0.15) is 5.56 Å². The Balaban J connectivity index is 3.00. The molecule has 0 heterocycles. The van der Waals surface area contributed by atoms with Gasteiger partial charge in [0, 0.05) is 10.0 Å². The van der Waals surface area contributed by atoms with E-state index >= 15 is 0 Å². The molecule has 0 aliphatic heterocycles. The van der Waals surface area contributed by atoms with E-state index in [4.69, 9.17) is 0 Å². The molecule has 0 aliphatic rings. The summed E-state index contributed by atoms with van der Waals surface area (Å²) in [5, 5.41) is 10.0. The summed E-state index contributed by atoms with van der Waals surface area (Å²) in [5.41, 5.74) is 0.207. The molecule has 0 unspecified atom stereocenters. The normalized spacial score (nSPS) is 10.6. The van der Waals surface area contributed by atoms with Crippen molar-refractivity contribution in [2.45, 2.75) is 0 Å². The van der Waals surface area contributed by atoms with E-state index in [-0.39, 0.29) is 5.56 Å². The van der Waals surface area contributed by atoms with Gasteiger partial charge >= 0.3 is 0 Å². The lowest BCUT2D eigenvalue weighted by molar-refractivity contribution is -0.297. The number of benzene rings is 1. The van der Waals surface area contributed by atoms with Crippen LogP contribution >= 0.6 is 15.9 Å². The fourth-order valence-electron chi connectivity index (χ4n) is 0.800. The van der Waals surface area contributed by atoms with Gasteiger partial charge in [-0.1, -0.05) is 22.0 Å². The van der Waals surface area contributed by atoms with Crippen LogP contribution in [0.4, 0.5) is 4.39 Å². The largest absolute Gasteiger partial charge is 0.545 e. The second-order valence-electron chi connectivity index (χ2n) is 2.32. The molecule has 0 N–H and O–H groups in total. The summed E-state index contributed by atoms with van der Waals surface area (Å²) in [7, 11) is 0. The Hall–Kier alpha value is -1.16. The number of rotatable bonds is 2. The Morgan fingerprint density at radius 3 is 2.85 bits per heavy atom. The van der Waals surface area contributed by atoms with Gasteiger partial charge in [0.1, 0.15) is 5.82 Å². The maximum absolute atomic E-state index is 12.9. The van der Waals surface area contributed by atoms with Gasteiger partial charge in [-0.25, -0.2) is 4.39 Å². The van der Waals surface area contributed by atoms with E-state index in [9.17, 15) is 14.3 Å². The summed E-state index contributed by atoms with van der Waals surface area (Å²) in [5.74, 6) is -1.82. The number of hydrogen-bond donors (Lipinski definition) is 0. The molecule has 0 fully saturated rings. The number of carboxylic acid groups (broad SMARTS) is 1. The van der Waals surface area contributed by atoms with Crippen LogP contribution in [-0.4, -0.2) is 5.97 Å². The predicted octanol–water partition coefficient (Wildman–Crippen LogP) is 1.35. The molecule has 0 saturated carbocycles. The first-order valence-corrected chi connectivity index (χ1v) is 4.23. The first-order valence-electron chi connectivity index (χ1n) is 3.43. The van der Waals surface area contributed by atoms with E-state index in [1.807, 2.05) is 0 Å². The lowest BCUT2D eigenvalue weighted by Crippen LogP contribution is -2.18. The average molecular weight is 244 g/mol. The summed E-state index contributed by atoms with van der Waals surface area (Å²) >= 11 is 3.14. The Labute approximate surface area is 82.8 Å². The summed E-state index contributed by atoms with van der Waals surface area (Å²) in [6, 6.07) is 4.26. The molecule has 0 atom stereocenters. The Kier molecular flexibility index (Phi) is 3.19. The zero-order chi connectivity index (χ0) is 9.84. The van der Waals surface area contributed by atoms with Gasteiger partial charge < -0.3 is 9.90 Å². The van der Waals surface area contributed by atoms with Crippen LogP contribution in [0.2, 0.25) is 0 Å². The second-order valence-corrected chi connectivity index (χ2v) is 3.23. The minimum atomic E-state index is -1.35. The molecule has 2 nitrogen and oxygen atoms in total. The van der Waals surface area contributed by atoms with E-state index in [1.165, 1.54) is 18.2 Å². The molecule has 0 aliphatic carbocycles. The molecule has 0 bridgehead atoms.